The predicted molar refractivity (Wildman–Crippen MR) is 115 cm³/mol. The van der Waals surface area contributed by atoms with Gasteiger partial charge in [0.2, 0.25) is 5.91 Å². The molecule has 1 fully saturated rings. The van der Waals surface area contributed by atoms with E-state index in [1.807, 2.05) is 30.3 Å². The average molecular weight is 434 g/mol. The minimum absolute atomic E-state index is 0.183. The highest BCUT2D eigenvalue weighted by atomic mass is 19.1. The number of carbonyl (C=O) groups excluding carboxylic acids is 3. The standard InChI is InChI=1S/C25H20F2N2O3/c26-19-8-6-18(7-9-19)24(31)28(15-14-17-4-2-1-3-5-17)22-16-23(30)29(25(22)32)21-12-10-20(27)11-13-21/h1-13,22H,14-16H2. The van der Waals surface area contributed by atoms with Crippen molar-refractivity contribution in [2.75, 3.05) is 11.4 Å². The molecule has 0 saturated carbocycles. The minimum Gasteiger partial charge on any atom is -0.326 e. The van der Waals surface area contributed by atoms with Crippen LogP contribution in [0.15, 0.2) is 78.9 Å². The molecular weight excluding hydrogens is 414 g/mol. The van der Waals surface area contributed by atoms with E-state index in [2.05, 4.69) is 0 Å². The lowest BCUT2D eigenvalue weighted by molar-refractivity contribution is -0.122. The number of anilines is 1. The smallest absolute Gasteiger partial charge is 0.257 e. The molecule has 0 spiro atoms. The van der Waals surface area contributed by atoms with E-state index in [0.29, 0.717) is 6.42 Å². The molecular formula is C25H20F2N2O3. The molecule has 3 amide bonds. The molecule has 1 atom stereocenters. The third kappa shape index (κ3) is 4.42. The van der Waals surface area contributed by atoms with Crippen LogP contribution in [0.1, 0.15) is 22.3 Å². The lowest BCUT2D eigenvalue weighted by Gasteiger charge is -2.28. The lowest BCUT2D eigenvalue weighted by atomic mass is 10.1. The number of halogens is 2. The summed E-state index contributed by atoms with van der Waals surface area (Å²) in [5, 5.41) is 0. The monoisotopic (exact) mass is 434 g/mol. The molecule has 0 bridgehead atoms. The Balaban J connectivity index is 1.63. The van der Waals surface area contributed by atoms with Gasteiger partial charge in [0, 0.05) is 12.1 Å². The van der Waals surface area contributed by atoms with Crippen molar-refractivity contribution in [1.82, 2.24) is 4.90 Å². The van der Waals surface area contributed by atoms with E-state index in [1.54, 1.807) is 0 Å². The van der Waals surface area contributed by atoms with Crippen molar-refractivity contribution in [3.63, 3.8) is 0 Å². The first-order chi connectivity index (χ1) is 15.4. The molecule has 1 heterocycles. The molecule has 1 unspecified atom stereocenters. The number of amides is 3. The number of hydrogen-bond acceptors (Lipinski definition) is 3. The largest absolute Gasteiger partial charge is 0.326 e. The third-order valence-corrected chi connectivity index (χ3v) is 5.42. The van der Waals surface area contributed by atoms with Crippen molar-refractivity contribution in [2.24, 2.45) is 0 Å². The SMILES string of the molecule is O=C1CC(N(CCc2ccccc2)C(=O)c2ccc(F)cc2)C(=O)N1c1ccc(F)cc1. The number of carbonyl (C=O) groups is 3. The lowest BCUT2D eigenvalue weighted by Crippen LogP contribution is -2.46. The van der Waals surface area contributed by atoms with Gasteiger partial charge in [0.15, 0.2) is 0 Å². The second-order valence-corrected chi connectivity index (χ2v) is 7.50. The van der Waals surface area contributed by atoms with Gasteiger partial charge in [-0.3, -0.25) is 14.4 Å². The van der Waals surface area contributed by atoms with E-state index in [9.17, 15) is 23.2 Å². The molecule has 0 aromatic heterocycles. The summed E-state index contributed by atoms with van der Waals surface area (Å²) in [6.45, 7) is 0.196. The Morgan fingerprint density at radius 1 is 0.875 bits per heavy atom. The first-order valence-corrected chi connectivity index (χ1v) is 10.2. The molecule has 162 valence electrons. The van der Waals surface area contributed by atoms with Crippen LogP contribution in [-0.4, -0.2) is 35.2 Å². The van der Waals surface area contributed by atoms with Crippen molar-refractivity contribution in [3.8, 4) is 0 Å². The Morgan fingerprint density at radius 3 is 2.09 bits per heavy atom. The summed E-state index contributed by atoms with van der Waals surface area (Å²) in [5.74, 6) is -2.45. The highest BCUT2D eigenvalue weighted by Gasteiger charge is 2.44. The molecule has 3 aromatic rings. The minimum atomic E-state index is -1.01. The van der Waals surface area contributed by atoms with E-state index in [1.165, 1.54) is 53.4 Å². The molecule has 4 rings (SSSR count). The van der Waals surface area contributed by atoms with Gasteiger partial charge in [-0.05, 0) is 60.5 Å². The van der Waals surface area contributed by atoms with Crippen LogP contribution in [-0.2, 0) is 16.0 Å². The number of imide groups is 1. The third-order valence-electron chi connectivity index (χ3n) is 5.42. The fourth-order valence-corrected chi connectivity index (χ4v) is 3.77. The molecule has 0 radical (unpaired) electrons. The Kier molecular flexibility index (Phi) is 6.07. The van der Waals surface area contributed by atoms with Crippen LogP contribution < -0.4 is 4.90 Å². The number of nitrogens with zero attached hydrogens (tertiary/aromatic N) is 2. The number of rotatable bonds is 6. The predicted octanol–water partition coefficient (Wildman–Crippen LogP) is 3.98. The zero-order valence-electron chi connectivity index (χ0n) is 17.1. The molecule has 1 aliphatic heterocycles. The van der Waals surface area contributed by atoms with Crippen LogP contribution in [0.25, 0.3) is 0 Å². The molecule has 32 heavy (non-hydrogen) atoms. The maximum absolute atomic E-state index is 13.3. The van der Waals surface area contributed by atoms with Gasteiger partial charge < -0.3 is 4.90 Å². The fourth-order valence-electron chi connectivity index (χ4n) is 3.77. The van der Waals surface area contributed by atoms with Crippen molar-refractivity contribution in [1.29, 1.82) is 0 Å². The summed E-state index contributed by atoms with van der Waals surface area (Å²) in [7, 11) is 0. The maximum atomic E-state index is 13.3. The Hall–Kier alpha value is -3.87. The van der Waals surface area contributed by atoms with Gasteiger partial charge in [-0.25, -0.2) is 13.7 Å². The van der Waals surface area contributed by atoms with Crippen LogP contribution in [0.5, 0.6) is 0 Å². The van der Waals surface area contributed by atoms with Gasteiger partial charge in [-0.1, -0.05) is 30.3 Å². The highest BCUT2D eigenvalue weighted by Crippen LogP contribution is 2.27. The van der Waals surface area contributed by atoms with Gasteiger partial charge in [-0.2, -0.15) is 0 Å². The zero-order valence-corrected chi connectivity index (χ0v) is 17.1. The topological polar surface area (TPSA) is 57.7 Å². The Labute approximate surface area is 183 Å². The molecule has 7 heteroatoms. The van der Waals surface area contributed by atoms with Crippen molar-refractivity contribution in [2.45, 2.75) is 18.9 Å². The Morgan fingerprint density at radius 2 is 1.47 bits per heavy atom. The summed E-state index contributed by atoms with van der Waals surface area (Å²) in [5.41, 5.74) is 1.44. The van der Waals surface area contributed by atoms with Gasteiger partial charge in [0.05, 0.1) is 12.1 Å². The quantitative estimate of drug-likeness (QED) is 0.552. The summed E-state index contributed by atoms with van der Waals surface area (Å²) in [6.07, 6.45) is 0.292. The van der Waals surface area contributed by atoms with E-state index in [4.69, 9.17) is 0 Å². The van der Waals surface area contributed by atoms with Crippen molar-refractivity contribution >= 4 is 23.4 Å². The fraction of sp³-hybridized carbons (Fsp3) is 0.160. The first-order valence-electron chi connectivity index (χ1n) is 10.2. The van der Waals surface area contributed by atoms with Gasteiger partial charge in [-0.15, -0.1) is 0 Å². The number of hydrogen-bond donors (Lipinski definition) is 0. The van der Waals surface area contributed by atoms with Crippen LogP contribution in [0.3, 0.4) is 0 Å². The van der Waals surface area contributed by atoms with E-state index in [-0.39, 0.29) is 24.2 Å². The van der Waals surface area contributed by atoms with Crippen LogP contribution in [0.2, 0.25) is 0 Å². The molecule has 3 aromatic carbocycles. The van der Waals surface area contributed by atoms with Gasteiger partial charge >= 0.3 is 0 Å². The molecule has 0 aliphatic carbocycles. The Bertz CT molecular complexity index is 1130. The van der Waals surface area contributed by atoms with E-state index in [0.717, 1.165) is 10.5 Å². The second-order valence-electron chi connectivity index (χ2n) is 7.50. The van der Waals surface area contributed by atoms with Gasteiger partial charge in [0.25, 0.3) is 11.8 Å². The van der Waals surface area contributed by atoms with Crippen LogP contribution in [0.4, 0.5) is 14.5 Å². The second kappa shape index (κ2) is 9.09. The van der Waals surface area contributed by atoms with E-state index < -0.39 is 35.4 Å². The van der Waals surface area contributed by atoms with E-state index >= 15 is 0 Å². The highest BCUT2D eigenvalue weighted by molar-refractivity contribution is 6.23. The molecule has 5 nitrogen and oxygen atoms in total. The van der Waals surface area contributed by atoms with Crippen LogP contribution >= 0.6 is 0 Å². The molecule has 1 saturated heterocycles. The summed E-state index contributed by atoms with van der Waals surface area (Å²) in [4.78, 5) is 41.5. The average Bonchev–Trinajstić information content (AvgIpc) is 3.09. The summed E-state index contributed by atoms with van der Waals surface area (Å²) in [6, 6.07) is 18.5. The first kappa shape index (κ1) is 21.4. The molecule has 0 N–H and O–H groups in total. The van der Waals surface area contributed by atoms with Gasteiger partial charge in [0.1, 0.15) is 17.7 Å². The van der Waals surface area contributed by atoms with Crippen molar-refractivity contribution in [3.05, 3.63) is 102 Å². The summed E-state index contributed by atoms with van der Waals surface area (Å²) >= 11 is 0. The maximum Gasteiger partial charge on any atom is 0.257 e. The van der Waals surface area contributed by atoms with Crippen molar-refractivity contribution < 1.29 is 23.2 Å². The zero-order chi connectivity index (χ0) is 22.7. The molecule has 1 aliphatic rings. The summed E-state index contributed by atoms with van der Waals surface area (Å²) < 4.78 is 26.6. The normalized spacial score (nSPS) is 15.8. The van der Waals surface area contributed by atoms with Crippen LogP contribution in [0, 0.1) is 11.6 Å². The number of benzene rings is 3.